The normalized spacial score (nSPS) is 25.9. The van der Waals surface area contributed by atoms with Crippen LogP contribution in [0.1, 0.15) is 30.1 Å². The molecule has 1 aromatic heterocycles. The van der Waals surface area contributed by atoms with Crippen molar-refractivity contribution in [2.45, 2.75) is 24.2 Å². The number of carbonyl (C=O) groups excluding carboxylic acids is 1. The van der Waals surface area contributed by atoms with E-state index in [1.807, 2.05) is 24.3 Å². The van der Waals surface area contributed by atoms with Gasteiger partial charge in [-0.3, -0.25) is 10.0 Å². The first kappa shape index (κ1) is 17.1. The molecule has 0 radical (unpaired) electrons. The third kappa shape index (κ3) is 2.54. The molecular weight excluding hydrogens is 350 g/mol. The SMILES string of the molecule is O=C(N(O)c1ccccc1)C1(c2ncccn2)C(c2ccccc2)C1C1CC1. The molecule has 0 bridgehead atoms. The minimum absolute atomic E-state index is 0.0329. The Bertz CT molecular complexity index is 977. The monoisotopic (exact) mass is 371 g/mol. The number of amides is 1. The number of benzene rings is 2. The highest BCUT2D eigenvalue weighted by Crippen LogP contribution is 2.72. The molecule has 5 nitrogen and oxygen atoms in total. The van der Waals surface area contributed by atoms with Gasteiger partial charge in [-0.2, -0.15) is 5.06 Å². The highest BCUT2D eigenvalue weighted by Gasteiger charge is 2.76. The molecule has 2 aliphatic rings. The third-order valence-electron chi connectivity index (χ3n) is 6.04. The van der Waals surface area contributed by atoms with Gasteiger partial charge in [0.25, 0.3) is 5.91 Å². The van der Waals surface area contributed by atoms with Crippen molar-refractivity contribution in [3.63, 3.8) is 0 Å². The van der Waals surface area contributed by atoms with Crippen LogP contribution in [-0.4, -0.2) is 21.1 Å². The standard InChI is InChI=1S/C23H21N3O2/c27-22(26(28)18-10-5-2-6-11-18)23(21-24-14-7-15-25-21)19(20(23)17-12-13-17)16-8-3-1-4-9-16/h1-11,14-15,17,19-20,28H,12-13H2. The van der Waals surface area contributed by atoms with E-state index in [9.17, 15) is 10.0 Å². The number of rotatable bonds is 5. The topological polar surface area (TPSA) is 66.3 Å². The summed E-state index contributed by atoms with van der Waals surface area (Å²) >= 11 is 0. The smallest absolute Gasteiger partial charge is 0.265 e. The Kier molecular flexibility index (Phi) is 3.98. The number of anilines is 1. The van der Waals surface area contributed by atoms with E-state index in [0.29, 0.717) is 17.4 Å². The van der Waals surface area contributed by atoms with E-state index in [0.717, 1.165) is 23.5 Å². The van der Waals surface area contributed by atoms with Crippen molar-refractivity contribution < 1.29 is 10.0 Å². The van der Waals surface area contributed by atoms with Gasteiger partial charge in [0.05, 0.1) is 5.69 Å². The molecule has 1 amide bonds. The molecule has 28 heavy (non-hydrogen) atoms. The van der Waals surface area contributed by atoms with Gasteiger partial charge in [-0.1, -0.05) is 48.5 Å². The fourth-order valence-electron chi connectivity index (χ4n) is 4.68. The predicted molar refractivity (Wildman–Crippen MR) is 105 cm³/mol. The Hall–Kier alpha value is -3.05. The van der Waals surface area contributed by atoms with Crippen LogP contribution >= 0.6 is 0 Å². The largest absolute Gasteiger partial charge is 0.281 e. The first-order valence-corrected chi connectivity index (χ1v) is 9.65. The number of para-hydroxylation sites is 1. The Morgan fingerprint density at radius 1 is 0.929 bits per heavy atom. The second kappa shape index (κ2) is 6.53. The van der Waals surface area contributed by atoms with E-state index in [4.69, 9.17) is 0 Å². The fraction of sp³-hybridized carbons (Fsp3) is 0.261. The van der Waals surface area contributed by atoms with Crippen molar-refractivity contribution in [2.75, 3.05) is 5.06 Å². The molecular formula is C23H21N3O2. The Morgan fingerprint density at radius 3 is 2.14 bits per heavy atom. The number of aromatic nitrogens is 2. The van der Waals surface area contributed by atoms with Crippen LogP contribution in [0.4, 0.5) is 5.69 Å². The molecule has 140 valence electrons. The van der Waals surface area contributed by atoms with Gasteiger partial charge in [-0.25, -0.2) is 9.97 Å². The molecule has 3 unspecified atom stereocenters. The summed E-state index contributed by atoms with van der Waals surface area (Å²) < 4.78 is 0. The predicted octanol–water partition coefficient (Wildman–Crippen LogP) is 3.96. The first-order valence-electron chi connectivity index (χ1n) is 9.65. The zero-order chi connectivity index (χ0) is 19.1. The molecule has 0 aliphatic heterocycles. The number of nitrogens with zero attached hydrogens (tertiary/aromatic N) is 3. The second-order valence-electron chi connectivity index (χ2n) is 7.65. The molecule has 1 N–H and O–H groups in total. The van der Waals surface area contributed by atoms with E-state index >= 15 is 0 Å². The van der Waals surface area contributed by atoms with E-state index in [2.05, 4.69) is 22.1 Å². The first-order chi connectivity index (χ1) is 13.7. The number of hydroxylamine groups is 1. The average Bonchev–Trinajstić information content (AvgIpc) is 3.68. The van der Waals surface area contributed by atoms with Crippen molar-refractivity contribution >= 4 is 11.6 Å². The Labute approximate surface area is 163 Å². The molecule has 2 aliphatic carbocycles. The lowest BCUT2D eigenvalue weighted by Gasteiger charge is -2.23. The van der Waals surface area contributed by atoms with E-state index in [1.54, 1.807) is 42.7 Å². The molecule has 1 heterocycles. The maximum atomic E-state index is 13.8. The van der Waals surface area contributed by atoms with Crippen molar-refractivity contribution in [1.82, 2.24) is 9.97 Å². The van der Waals surface area contributed by atoms with Gasteiger partial charge >= 0.3 is 0 Å². The lowest BCUT2D eigenvalue weighted by Crippen LogP contribution is -2.40. The molecule has 3 atom stereocenters. The molecule has 2 fully saturated rings. The summed E-state index contributed by atoms with van der Waals surface area (Å²) in [5.41, 5.74) is 0.617. The summed E-state index contributed by atoms with van der Waals surface area (Å²) in [7, 11) is 0. The number of carbonyl (C=O) groups is 1. The molecule has 5 rings (SSSR count). The van der Waals surface area contributed by atoms with E-state index in [-0.39, 0.29) is 17.7 Å². The van der Waals surface area contributed by atoms with Crippen LogP contribution in [0.15, 0.2) is 79.1 Å². The Balaban J connectivity index is 1.63. The summed E-state index contributed by atoms with van der Waals surface area (Å²) in [6.45, 7) is 0. The van der Waals surface area contributed by atoms with Crippen LogP contribution in [0.25, 0.3) is 0 Å². The van der Waals surface area contributed by atoms with Crippen molar-refractivity contribution in [2.24, 2.45) is 11.8 Å². The van der Waals surface area contributed by atoms with Crippen LogP contribution in [0, 0.1) is 11.8 Å². The lowest BCUT2D eigenvalue weighted by atomic mass is 9.95. The summed E-state index contributed by atoms with van der Waals surface area (Å²) in [4.78, 5) is 22.7. The Morgan fingerprint density at radius 2 is 1.54 bits per heavy atom. The summed E-state index contributed by atoms with van der Waals surface area (Å²) in [5, 5.41) is 11.6. The molecule has 2 aromatic carbocycles. The van der Waals surface area contributed by atoms with Gasteiger partial charge in [0.2, 0.25) is 0 Å². The van der Waals surface area contributed by atoms with E-state index < -0.39 is 5.41 Å². The van der Waals surface area contributed by atoms with Gasteiger partial charge in [-0.05, 0) is 48.4 Å². The van der Waals surface area contributed by atoms with Gasteiger partial charge in [0.1, 0.15) is 11.2 Å². The molecule has 2 saturated carbocycles. The van der Waals surface area contributed by atoms with Crippen molar-refractivity contribution in [1.29, 1.82) is 0 Å². The fourth-order valence-corrected chi connectivity index (χ4v) is 4.68. The van der Waals surface area contributed by atoms with E-state index in [1.165, 1.54) is 0 Å². The summed E-state index contributed by atoms with van der Waals surface area (Å²) in [6, 6.07) is 20.7. The number of hydrogen-bond donors (Lipinski definition) is 1. The van der Waals surface area contributed by atoms with Crippen LogP contribution in [0.5, 0.6) is 0 Å². The van der Waals surface area contributed by atoms with Crippen LogP contribution in [0.3, 0.4) is 0 Å². The number of hydrogen-bond acceptors (Lipinski definition) is 4. The highest BCUT2D eigenvalue weighted by molar-refractivity contribution is 6.03. The maximum Gasteiger partial charge on any atom is 0.265 e. The van der Waals surface area contributed by atoms with Crippen molar-refractivity contribution in [3.8, 4) is 0 Å². The van der Waals surface area contributed by atoms with Crippen molar-refractivity contribution in [3.05, 3.63) is 90.5 Å². The van der Waals surface area contributed by atoms with Gasteiger partial charge in [-0.15, -0.1) is 0 Å². The maximum absolute atomic E-state index is 13.8. The van der Waals surface area contributed by atoms with Gasteiger partial charge in [0, 0.05) is 18.3 Å². The molecule has 0 saturated heterocycles. The second-order valence-corrected chi connectivity index (χ2v) is 7.65. The minimum atomic E-state index is -0.936. The lowest BCUT2D eigenvalue weighted by molar-refractivity contribution is -0.127. The quantitative estimate of drug-likeness (QED) is 0.545. The zero-order valence-corrected chi connectivity index (χ0v) is 15.3. The third-order valence-corrected chi connectivity index (χ3v) is 6.04. The van der Waals surface area contributed by atoms with Gasteiger partial charge in [0.15, 0.2) is 0 Å². The molecule has 3 aromatic rings. The zero-order valence-electron chi connectivity index (χ0n) is 15.3. The summed E-state index contributed by atoms with van der Waals surface area (Å²) in [6.07, 6.45) is 5.55. The van der Waals surface area contributed by atoms with Crippen LogP contribution < -0.4 is 5.06 Å². The average molecular weight is 371 g/mol. The minimum Gasteiger partial charge on any atom is -0.281 e. The highest BCUT2D eigenvalue weighted by atomic mass is 16.5. The summed E-state index contributed by atoms with van der Waals surface area (Å²) in [5.74, 6) is 0.677. The van der Waals surface area contributed by atoms with Crippen LogP contribution in [0.2, 0.25) is 0 Å². The van der Waals surface area contributed by atoms with Gasteiger partial charge < -0.3 is 0 Å². The van der Waals surface area contributed by atoms with Crippen LogP contribution in [-0.2, 0) is 10.2 Å². The molecule has 5 heteroatoms. The molecule has 0 spiro atoms.